The van der Waals surface area contributed by atoms with E-state index in [9.17, 15) is 9.59 Å². The third kappa shape index (κ3) is 7.31. The van der Waals surface area contributed by atoms with Gasteiger partial charge in [0.25, 0.3) is 0 Å². The van der Waals surface area contributed by atoms with Crippen molar-refractivity contribution in [2.75, 3.05) is 5.73 Å². The standard InChI is InChI=1S/C22H28N2O4/c1-22(2,3)28-21(26)24-19(14-13-17-11-7-8-12-18(17)23)20(25)27-15-16-9-5-4-6-10-16/h4-12,19H,13-15,23H2,1-3H3,(H,24,26)/t19-/m0/s1. The lowest BCUT2D eigenvalue weighted by atomic mass is 10.0. The highest BCUT2D eigenvalue weighted by molar-refractivity contribution is 5.81. The number of nitrogen functional groups attached to an aromatic ring is 1. The van der Waals surface area contributed by atoms with E-state index in [4.69, 9.17) is 15.2 Å². The molecule has 0 unspecified atom stereocenters. The molecule has 0 aromatic heterocycles. The predicted octanol–water partition coefficient (Wildman–Crippen LogP) is 3.84. The van der Waals surface area contributed by atoms with E-state index in [0.29, 0.717) is 18.5 Å². The first-order chi connectivity index (χ1) is 13.2. The number of para-hydroxylation sites is 1. The van der Waals surface area contributed by atoms with Gasteiger partial charge in [-0.25, -0.2) is 9.59 Å². The Balaban J connectivity index is 2.02. The van der Waals surface area contributed by atoms with Crippen molar-refractivity contribution in [3.05, 3.63) is 65.7 Å². The first-order valence-electron chi connectivity index (χ1n) is 9.28. The Labute approximate surface area is 166 Å². The summed E-state index contributed by atoms with van der Waals surface area (Å²) >= 11 is 0. The number of amides is 1. The zero-order valence-corrected chi connectivity index (χ0v) is 16.6. The van der Waals surface area contributed by atoms with Crippen LogP contribution in [0.5, 0.6) is 0 Å². The molecular formula is C22H28N2O4. The third-order valence-electron chi connectivity index (χ3n) is 3.96. The van der Waals surface area contributed by atoms with Crippen LogP contribution in [0.3, 0.4) is 0 Å². The summed E-state index contributed by atoms with van der Waals surface area (Å²) in [4.78, 5) is 24.8. The molecule has 2 aromatic rings. The second-order valence-corrected chi connectivity index (χ2v) is 7.53. The van der Waals surface area contributed by atoms with Gasteiger partial charge in [-0.15, -0.1) is 0 Å². The second kappa shape index (κ2) is 9.78. The highest BCUT2D eigenvalue weighted by Gasteiger charge is 2.25. The van der Waals surface area contributed by atoms with Crippen LogP contribution >= 0.6 is 0 Å². The lowest BCUT2D eigenvalue weighted by Gasteiger charge is -2.23. The van der Waals surface area contributed by atoms with Gasteiger partial charge in [-0.2, -0.15) is 0 Å². The molecule has 1 amide bonds. The molecule has 6 nitrogen and oxygen atoms in total. The summed E-state index contributed by atoms with van der Waals surface area (Å²) in [5, 5.41) is 2.62. The van der Waals surface area contributed by atoms with Gasteiger partial charge in [-0.05, 0) is 50.8 Å². The first kappa shape index (κ1) is 21.3. The van der Waals surface area contributed by atoms with Gasteiger partial charge in [0.2, 0.25) is 0 Å². The highest BCUT2D eigenvalue weighted by Crippen LogP contribution is 2.15. The quantitative estimate of drug-likeness (QED) is 0.559. The molecule has 0 fully saturated rings. The minimum Gasteiger partial charge on any atom is -0.459 e. The summed E-state index contributed by atoms with van der Waals surface area (Å²) in [6, 6.07) is 16.0. The van der Waals surface area contributed by atoms with Gasteiger partial charge in [0.05, 0.1) is 0 Å². The monoisotopic (exact) mass is 384 g/mol. The first-order valence-corrected chi connectivity index (χ1v) is 9.28. The molecule has 6 heteroatoms. The van der Waals surface area contributed by atoms with Crippen molar-refractivity contribution in [2.24, 2.45) is 0 Å². The van der Waals surface area contributed by atoms with Crippen LogP contribution in [0.4, 0.5) is 10.5 Å². The Morgan fingerprint density at radius 3 is 2.32 bits per heavy atom. The fourth-order valence-electron chi connectivity index (χ4n) is 2.59. The van der Waals surface area contributed by atoms with Gasteiger partial charge in [-0.1, -0.05) is 48.5 Å². The van der Waals surface area contributed by atoms with Crippen LogP contribution in [0.1, 0.15) is 38.3 Å². The molecule has 0 heterocycles. The van der Waals surface area contributed by atoms with E-state index in [1.165, 1.54) is 0 Å². The number of hydrogen-bond acceptors (Lipinski definition) is 5. The fourth-order valence-corrected chi connectivity index (χ4v) is 2.59. The van der Waals surface area contributed by atoms with E-state index in [1.54, 1.807) is 26.8 Å². The second-order valence-electron chi connectivity index (χ2n) is 7.53. The molecule has 150 valence electrons. The lowest BCUT2D eigenvalue weighted by molar-refractivity contribution is -0.147. The minimum atomic E-state index is -0.835. The number of hydrogen-bond donors (Lipinski definition) is 2. The topological polar surface area (TPSA) is 90.6 Å². The molecule has 3 N–H and O–H groups in total. The van der Waals surface area contributed by atoms with Crippen molar-refractivity contribution in [1.82, 2.24) is 5.32 Å². The number of anilines is 1. The van der Waals surface area contributed by atoms with Gasteiger partial charge in [-0.3, -0.25) is 0 Å². The molecule has 2 rings (SSSR count). The number of carbonyl (C=O) groups excluding carboxylic acids is 2. The number of rotatable bonds is 7. The Morgan fingerprint density at radius 1 is 1.04 bits per heavy atom. The lowest BCUT2D eigenvalue weighted by Crippen LogP contribution is -2.44. The number of carbonyl (C=O) groups is 2. The number of aryl methyl sites for hydroxylation is 1. The summed E-state index contributed by atoms with van der Waals surface area (Å²) in [7, 11) is 0. The average molecular weight is 384 g/mol. The maximum atomic E-state index is 12.6. The molecule has 2 aromatic carbocycles. The summed E-state index contributed by atoms with van der Waals surface area (Å²) in [5.41, 5.74) is 7.75. The van der Waals surface area contributed by atoms with Gasteiger partial charge in [0.15, 0.2) is 0 Å². The van der Waals surface area contributed by atoms with Crippen LogP contribution < -0.4 is 11.1 Å². The van der Waals surface area contributed by atoms with E-state index in [2.05, 4.69) is 5.32 Å². The number of esters is 1. The van der Waals surface area contributed by atoms with E-state index >= 15 is 0 Å². The Hall–Kier alpha value is -3.02. The van der Waals surface area contributed by atoms with E-state index in [0.717, 1.165) is 11.1 Å². The minimum absolute atomic E-state index is 0.139. The predicted molar refractivity (Wildman–Crippen MR) is 109 cm³/mol. The van der Waals surface area contributed by atoms with Crippen LogP contribution in [0.25, 0.3) is 0 Å². The molecule has 0 spiro atoms. The molecule has 0 saturated heterocycles. The molecule has 0 aliphatic heterocycles. The summed E-state index contributed by atoms with van der Waals surface area (Å²) < 4.78 is 10.7. The molecule has 1 atom stereocenters. The smallest absolute Gasteiger partial charge is 0.408 e. The molecule has 0 radical (unpaired) electrons. The summed E-state index contributed by atoms with van der Waals surface area (Å²) in [5.74, 6) is -0.510. The maximum absolute atomic E-state index is 12.6. The van der Waals surface area contributed by atoms with Gasteiger partial charge < -0.3 is 20.5 Å². The van der Waals surface area contributed by atoms with E-state index in [1.807, 2.05) is 48.5 Å². The number of ether oxygens (including phenoxy) is 2. The molecule has 0 aliphatic carbocycles. The number of benzene rings is 2. The van der Waals surface area contributed by atoms with Crippen molar-refractivity contribution < 1.29 is 19.1 Å². The van der Waals surface area contributed by atoms with Crippen LogP contribution in [-0.2, 0) is 27.3 Å². The maximum Gasteiger partial charge on any atom is 0.408 e. The Bertz CT molecular complexity index is 785. The zero-order chi connectivity index (χ0) is 20.6. The normalized spacial score (nSPS) is 12.1. The largest absolute Gasteiger partial charge is 0.459 e. The van der Waals surface area contributed by atoms with Gasteiger partial charge >= 0.3 is 12.1 Å². The van der Waals surface area contributed by atoms with Crippen molar-refractivity contribution in [1.29, 1.82) is 0 Å². The van der Waals surface area contributed by atoms with Crippen molar-refractivity contribution >= 4 is 17.7 Å². The molecule has 0 bridgehead atoms. The SMILES string of the molecule is CC(C)(C)OC(=O)N[C@@H](CCc1ccccc1N)C(=O)OCc1ccccc1. The molecule has 28 heavy (non-hydrogen) atoms. The third-order valence-corrected chi connectivity index (χ3v) is 3.96. The fraction of sp³-hybridized carbons (Fsp3) is 0.364. The van der Waals surface area contributed by atoms with Crippen LogP contribution in [0.2, 0.25) is 0 Å². The number of nitrogens with one attached hydrogen (secondary N) is 1. The van der Waals surface area contributed by atoms with E-state index < -0.39 is 23.7 Å². The van der Waals surface area contributed by atoms with E-state index in [-0.39, 0.29) is 6.61 Å². The molecule has 0 saturated carbocycles. The van der Waals surface area contributed by atoms with Crippen LogP contribution in [0.15, 0.2) is 54.6 Å². The Kier molecular flexibility index (Phi) is 7.44. The number of alkyl carbamates (subject to hydrolysis) is 1. The number of nitrogens with two attached hydrogens (primary N) is 1. The van der Waals surface area contributed by atoms with Crippen LogP contribution in [0, 0.1) is 0 Å². The van der Waals surface area contributed by atoms with Crippen molar-refractivity contribution in [3.8, 4) is 0 Å². The molecule has 0 aliphatic rings. The molecular weight excluding hydrogens is 356 g/mol. The Morgan fingerprint density at radius 2 is 1.68 bits per heavy atom. The van der Waals surface area contributed by atoms with Crippen molar-refractivity contribution in [2.45, 2.75) is 51.9 Å². The average Bonchev–Trinajstić information content (AvgIpc) is 2.63. The highest BCUT2D eigenvalue weighted by atomic mass is 16.6. The summed E-state index contributed by atoms with van der Waals surface area (Å²) in [6.45, 7) is 5.43. The van der Waals surface area contributed by atoms with Gasteiger partial charge in [0, 0.05) is 5.69 Å². The van der Waals surface area contributed by atoms with Gasteiger partial charge in [0.1, 0.15) is 18.2 Å². The van der Waals surface area contributed by atoms with Crippen molar-refractivity contribution in [3.63, 3.8) is 0 Å². The summed E-state index contributed by atoms with van der Waals surface area (Å²) in [6.07, 6.45) is 0.212. The van der Waals surface area contributed by atoms with Crippen LogP contribution in [-0.4, -0.2) is 23.7 Å². The zero-order valence-electron chi connectivity index (χ0n) is 16.6.